The van der Waals surface area contributed by atoms with Crippen LogP contribution in [0.1, 0.15) is 40.2 Å². The Kier molecular flexibility index (Phi) is 7.05. The Bertz CT molecular complexity index is 1180. The van der Waals surface area contributed by atoms with Gasteiger partial charge >= 0.3 is 5.97 Å². The molecule has 0 saturated heterocycles. The molecule has 4 rings (SSSR count). The van der Waals surface area contributed by atoms with E-state index in [1.807, 2.05) is 42.5 Å². The van der Waals surface area contributed by atoms with Crippen LogP contribution in [0, 0.1) is 6.92 Å². The molecule has 0 saturated carbocycles. The minimum atomic E-state index is -0.855. The Balaban J connectivity index is 1.63. The van der Waals surface area contributed by atoms with Crippen LogP contribution in [-0.4, -0.2) is 36.2 Å². The number of para-hydroxylation sites is 1. The van der Waals surface area contributed by atoms with Crippen LogP contribution in [0.25, 0.3) is 0 Å². The molecule has 7 nitrogen and oxygen atoms in total. The fraction of sp³-hybridized carbons (Fsp3) is 0.296. The number of hydrogen-bond donors (Lipinski definition) is 3. The number of carbonyl (C=O) groups is 1. The van der Waals surface area contributed by atoms with E-state index in [9.17, 15) is 9.90 Å². The molecule has 0 spiro atoms. The van der Waals surface area contributed by atoms with Crippen molar-refractivity contribution >= 4 is 17.3 Å². The topological polar surface area (TPSA) is 105 Å². The third-order valence-corrected chi connectivity index (χ3v) is 6.41. The van der Waals surface area contributed by atoms with Crippen LogP contribution in [0.3, 0.4) is 0 Å². The fourth-order valence-corrected chi connectivity index (χ4v) is 4.55. The van der Waals surface area contributed by atoms with E-state index in [4.69, 9.17) is 16.3 Å². The SMILES string of the molecule is Cc1ccc(C(CC(=O)O)c2ccc(N(C)N)c(N)c2)cc1CN1CCOc2ccccc2C1. The Hall–Kier alpha value is -3.55. The molecule has 0 radical (unpaired) electrons. The van der Waals surface area contributed by atoms with E-state index in [0.29, 0.717) is 18.0 Å². The molecular formula is C27H32N4O3. The number of benzene rings is 3. The van der Waals surface area contributed by atoms with E-state index in [-0.39, 0.29) is 12.3 Å². The summed E-state index contributed by atoms with van der Waals surface area (Å²) >= 11 is 0. The van der Waals surface area contributed by atoms with Crippen molar-refractivity contribution in [3.05, 3.63) is 88.5 Å². The molecule has 178 valence electrons. The monoisotopic (exact) mass is 460 g/mol. The average molecular weight is 461 g/mol. The maximum atomic E-state index is 11.8. The van der Waals surface area contributed by atoms with E-state index >= 15 is 0 Å². The van der Waals surface area contributed by atoms with Gasteiger partial charge in [0.15, 0.2) is 0 Å². The fourth-order valence-electron chi connectivity index (χ4n) is 4.55. The van der Waals surface area contributed by atoms with Gasteiger partial charge in [-0.05, 0) is 47.4 Å². The number of anilines is 2. The second kappa shape index (κ2) is 10.2. The number of ether oxygens (including phenoxy) is 1. The lowest BCUT2D eigenvalue weighted by Gasteiger charge is -2.23. The molecule has 3 aromatic carbocycles. The quantitative estimate of drug-likeness (QED) is 0.279. The van der Waals surface area contributed by atoms with Crippen LogP contribution in [0.5, 0.6) is 5.75 Å². The molecule has 0 bridgehead atoms. The van der Waals surface area contributed by atoms with E-state index in [0.717, 1.165) is 36.5 Å². The lowest BCUT2D eigenvalue weighted by molar-refractivity contribution is -0.137. The summed E-state index contributed by atoms with van der Waals surface area (Å²) in [4.78, 5) is 14.1. The zero-order chi connectivity index (χ0) is 24.2. The number of carboxylic acids is 1. The van der Waals surface area contributed by atoms with Crippen LogP contribution >= 0.6 is 0 Å². The molecular weight excluding hydrogens is 428 g/mol. The maximum Gasteiger partial charge on any atom is 0.304 e. The minimum absolute atomic E-state index is 0.0231. The third kappa shape index (κ3) is 5.32. The van der Waals surface area contributed by atoms with Gasteiger partial charge in [-0.15, -0.1) is 0 Å². The van der Waals surface area contributed by atoms with Crippen molar-refractivity contribution in [1.82, 2.24) is 4.90 Å². The molecule has 0 aliphatic carbocycles. The molecule has 0 fully saturated rings. The van der Waals surface area contributed by atoms with Gasteiger partial charge in [0.25, 0.3) is 0 Å². The van der Waals surface area contributed by atoms with Crippen molar-refractivity contribution in [2.75, 3.05) is 30.9 Å². The summed E-state index contributed by atoms with van der Waals surface area (Å²) in [7, 11) is 1.72. The van der Waals surface area contributed by atoms with Crippen molar-refractivity contribution in [2.24, 2.45) is 5.84 Å². The number of nitrogen functional groups attached to an aromatic ring is 1. The van der Waals surface area contributed by atoms with Gasteiger partial charge in [0, 0.05) is 38.2 Å². The van der Waals surface area contributed by atoms with Crippen LogP contribution < -0.4 is 21.3 Å². The van der Waals surface area contributed by atoms with E-state index < -0.39 is 5.97 Å². The van der Waals surface area contributed by atoms with Crippen molar-refractivity contribution in [1.29, 1.82) is 0 Å². The highest BCUT2D eigenvalue weighted by Crippen LogP contribution is 2.34. The van der Waals surface area contributed by atoms with Gasteiger partial charge in [-0.25, -0.2) is 5.84 Å². The van der Waals surface area contributed by atoms with Gasteiger partial charge in [-0.3, -0.25) is 9.69 Å². The van der Waals surface area contributed by atoms with Crippen molar-refractivity contribution < 1.29 is 14.6 Å². The molecule has 7 heteroatoms. The minimum Gasteiger partial charge on any atom is -0.492 e. The van der Waals surface area contributed by atoms with Gasteiger partial charge in [-0.1, -0.05) is 42.5 Å². The summed E-state index contributed by atoms with van der Waals surface area (Å²) in [5.74, 6) is 5.62. The second-order valence-electron chi connectivity index (χ2n) is 8.93. The van der Waals surface area contributed by atoms with Crippen LogP contribution in [0.4, 0.5) is 11.4 Å². The number of rotatable bonds is 7. The predicted octanol–water partition coefficient (Wildman–Crippen LogP) is 3.89. The molecule has 1 heterocycles. The molecule has 1 atom stereocenters. The van der Waals surface area contributed by atoms with E-state index in [1.165, 1.54) is 21.7 Å². The van der Waals surface area contributed by atoms with Crippen molar-refractivity contribution in [3.8, 4) is 5.75 Å². The Morgan fingerprint density at radius 2 is 1.88 bits per heavy atom. The Morgan fingerprint density at radius 1 is 1.15 bits per heavy atom. The van der Waals surface area contributed by atoms with Gasteiger partial charge in [-0.2, -0.15) is 0 Å². The highest BCUT2D eigenvalue weighted by Gasteiger charge is 2.21. The number of aliphatic carboxylic acids is 1. The molecule has 1 unspecified atom stereocenters. The smallest absolute Gasteiger partial charge is 0.304 e. The average Bonchev–Trinajstić information content (AvgIpc) is 3.00. The number of carboxylic acid groups (broad SMARTS) is 1. The number of hydrazine groups is 1. The van der Waals surface area contributed by atoms with Gasteiger partial charge in [0.1, 0.15) is 12.4 Å². The lowest BCUT2D eigenvalue weighted by atomic mass is 9.86. The standard InChI is InChI=1S/C27H32N4O3/c1-18-7-8-19(23(15-27(32)33)20-9-10-25(30(2)29)24(28)14-20)13-22(18)17-31-11-12-34-26-6-4-3-5-21(26)16-31/h3-10,13-14,23H,11-12,15-17,28-29H2,1-2H3,(H,32,33). The van der Waals surface area contributed by atoms with Crippen molar-refractivity contribution in [3.63, 3.8) is 0 Å². The van der Waals surface area contributed by atoms with Crippen LogP contribution in [0.2, 0.25) is 0 Å². The summed E-state index contributed by atoms with van der Waals surface area (Å²) in [5, 5.41) is 11.1. The first-order valence-electron chi connectivity index (χ1n) is 11.4. The predicted molar refractivity (Wildman–Crippen MR) is 135 cm³/mol. The molecule has 1 aliphatic heterocycles. The highest BCUT2D eigenvalue weighted by atomic mass is 16.5. The number of fused-ring (bicyclic) bond motifs is 1. The largest absolute Gasteiger partial charge is 0.492 e. The lowest BCUT2D eigenvalue weighted by Crippen LogP contribution is -2.26. The molecule has 5 N–H and O–H groups in total. The summed E-state index contributed by atoms with van der Waals surface area (Å²) < 4.78 is 5.92. The highest BCUT2D eigenvalue weighted by molar-refractivity contribution is 5.71. The molecule has 1 aliphatic rings. The Morgan fingerprint density at radius 3 is 2.62 bits per heavy atom. The molecule has 0 aromatic heterocycles. The zero-order valence-electron chi connectivity index (χ0n) is 19.7. The second-order valence-corrected chi connectivity index (χ2v) is 8.93. The maximum absolute atomic E-state index is 11.8. The summed E-state index contributed by atoms with van der Waals surface area (Å²) in [5.41, 5.74) is 12.8. The molecule has 0 amide bonds. The van der Waals surface area contributed by atoms with E-state index in [1.54, 1.807) is 7.05 Å². The number of hydrogen-bond acceptors (Lipinski definition) is 6. The normalized spacial score (nSPS) is 14.6. The zero-order valence-corrected chi connectivity index (χ0v) is 19.7. The first-order chi connectivity index (χ1) is 16.3. The Labute approximate surface area is 200 Å². The number of nitrogens with zero attached hydrogens (tertiary/aromatic N) is 2. The third-order valence-electron chi connectivity index (χ3n) is 6.41. The first kappa shape index (κ1) is 23.6. The molecule has 3 aromatic rings. The number of aryl methyl sites for hydroxylation is 1. The summed E-state index contributed by atoms with van der Waals surface area (Å²) in [6.07, 6.45) is -0.0231. The first-order valence-corrected chi connectivity index (χ1v) is 11.4. The van der Waals surface area contributed by atoms with Gasteiger partial charge in [0.2, 0.25) is 0 Å². The number of nitrogens with two attached hydrogens (primary N) is 2. The van der Waals surface area contributed by atoms with E-state index in [2.05, 4.69) is 30.0 Å². The summed E-state index contributed by atoms with van der Waals surface area (Å²) in [6.45, 7) is 5.12. The molecule has 34 heavy (non-hydrogen) atoms. The van der Waals surface area contributed by atoms with Crippen LogP contribution in [-0.2, 0) is 17.9 Å². The van der Waals surface area contributed by atoms with Crippen LogP contribution in [0.15, 0.2) is 60.7 Å². The van der Waals surface area contributed by atoms with Crippen molar-refractivity contribution in [2.45, 2.75) is 32.4 Å². The summed E-state index contributed by atoms with van der Waals surface area (Å²) in [6, 6.07) is 20.0. The van der Waals surface area contributed by atoms with Gasteiger partial charge in [0.05, 0.1) is 17.8 Å². The van der Waals surface area contributed by atoms with Gasteiger partial charge < -0.3 is 20.6 Å².